The fourth-order valence-electron chi connectivity index (χ4n) is 5.26. The number of benzene rings is 2. The Balaban J connectivity index is 1.95. The van der Waals surface area contributed by atoms with Crippen LogP contribution in [0.1, 0.15) is 43.2 Å². The van der Waals surface area contributed by atoms with Crippen molar-refractivity contribution in [1.82, 2.24) is 0 Å². The topological polar surface area (TPSA) is 83.6 Å². The highest BCUT2D eigenvalue weighted by Gasteiger charge is 2.56. The number of nitrogens with zero attached hydrogens (tertiary/aromatic N) is 1. The predicted octanol–water partition coefficient (Wildman–Crippen LogP) is 3.42. The normalized spacial score (nSPS) is 30.3. The van der Waals surface area contributed by atoms with Crippen molar-refractivity contribution in [2.75, 3.05) is 30.5 Å². The summed E-state index contributed by atoms with van der Waals surface area (Å²) in [5.74, 6) is 0.0495. The number of rotatable bonds is 3. The van der Waals surface area contributed by atoms with E-state index in [-0.39, 0.29) is 5.75 Å². The first-order valence-electron chi connectivity index (χ1n) is 10.2. The van der Waals surface area contributed by atoms with E-state index in [1.165, 1.54) is 0 Å². The van der Waals surface area contributed by atoms with Crippen molar-refractivity contribution >= 4 is 21.2 Å². The van der Waals surface area contributed by atoms with Gasteiger partial charge in [0.2, 0.25) is 0 Å². The van der Waals surface area contributed by atoms with Gasteiger partial charge in [-0.1, -0.05) is 25.5 Å². The second-order valence-corrected chi connectivity index (χ2v) is 11.0. The first-order valence-corrected chi connectivity index (χ1v) is 11.9. The van der Waals surface area contributed by atoms with Crippen LogP contribution in [0.3, 0.4) is 0 Å². The van der Waals surface area contributed by atoms with Gasteiger partial charge in [0.05, 0.1) is 16.8 Å². The molecule has 1 fully saturated rings. The van der Waals surface area contributed by atoms with Crippen LogP contribution in [-0.4, -0.2) is 39.5 Å². The maximum absolute atomic E-state index is 13.4. The van der Waals surface area contributed by atoms with E-state index in [2.05, 4.69) is 6.92 Å². The van der Waals surface area contributed by atoms with Crippen molar-refractivity contribution in [2.45, 2.75) is 43.1 Å². The summed E-state index contributed by atoms with van der Waals surface area (Å²) in [6, 6.07) is 13.0. The summed E-state index contributed by atoms with van der Waals surface area (Å²) in [7, 11) is 0.343. The number of nitrogens with two attached hydrogens (primary N) is 1. The molecule has 3 N–H and O–H groups in total. The van der Waals surface area contributed by atoms with Crippen molar-refractivity contribution < 1.29 is 13.5 Å². The maximum atomic E-state index is 13.4. The molecule has 2 aromatic carbocycles. The summed E-state index contributed by atoms with van der Waals surface area (Å²) in [5.41, 5.74) is 8.51. The number of sulfone groups is 1. The molecule has 0 aromatic heterocycles. The number of nitrogen functional groups attached to an aromatic ring is 1. The molecule has 0 radical (unpaired) electrons. The third kappa shape index (κ3) is 3.32. The fraction of sp³-hybridized carbons (Fsp3) is 0.478. The Bertz CT molecular complexity index is 1030. The standard InChI is InChI=1S/C23H30N2O3S/c1-4-15-12-23(13-15)14-29(27,28)20-9-8-18(25(2)3)11-19(20)21(22(23)26)16-6-5-7-17(24)10-16/h5-11,15,21-22,26H,4,12-14,24H2,1-3H3/t15?,21-,22-,23?/m1/s1. The lowest BCUT2D eigenvalue weighted by Crippen LogP contribution is -2.51. The average molecular weight is 415 g/mol. The lowest BCUT2D eigenvalue weighted by Gasteiger charge is -2.51. The molecule has 29 heavy (non-hydrogen) atoms. The van der Waals surface area contributed by atoms with Gasteiger partial charge in [-0.2, -0.15) is 0 Å². The van der Waals surface area contributed by atoms with E-state index in [1.54, 1.807) is 6.07 Å². The van der Waals surface area contributed by atoms with E-state index in [9.17, 15) is 13.5 Å². The number of hydrogen-bond acceptors (Lipinski definition) is 5. The molecule has 1 spiro atoms. The number of anilines is 2. The van der Waals surface area contributed by atoms with Gasteiger partial charge >= 0.3 is 0 Å². The van der Waals surface area contributed by atoms with Crippen molar-refractivity contribution in [3.63, 3.8) is 0 Å². The van der Waals surface area contributed by atoms with Crippen molar-refractivity contribution in [3.05, 3.63) is 53.6 Å². The molecule has 1 heterocycles. The lowest BCUT2D eigenvalue weighted by atomic mass is 9.56. The van der Waals surface area contributed by atoms with Gasteiger partial charge in [-0.15, -0.1) is 0 Å². The largest absolute Gasteiger partial charge is 0.399 e. The minimum atomic E-state index is -3.51. The molecule has 1 aliphatic carbocycles. The van der Waals surface area contributed by atoms with Crippen LogP contribution in [0.4, 0.5) is 11.4 Å². The molecule has 2 aromatic rings. The molecule has 4 rings (SSSR count). The van der Waals surface area contributed by atoms with Crippen molar-refractivity contribution in [2.24, 2.45) is 11.3 Å². The number of aliphatic hydroxyl groups is 1. The molecule has 2 aliphatic rings. The average Bonchev–Trinajstić information content (AvgIpc) is 2.71. The molecule has 1 saturated carbocycles. The van der Waals surface area contributed by atoms with E-state index < -0.39 is 27.3 Å². The molecule has 0 amide bonds. The van der Waals surface area contributed by atoms with Gasteiger partial charge in [0.25, 0.3) is 0 Å². The van der Waals surface area contributed by atoms with Crippen molar-refractivity contribution in [3.8, 4) is 0 Å². The second-order valence-electron chi connectivity index (χ2n) is 9.01. The van der Waals surface area contributed by atoms with Gasteiger partial charge < -0.3 is 15.7 Å². The van der Waals surface area contributed by atoms with E-state index >= 15 is 0 Å². The van der Waals surface area contributed by atoms with Gasteiger partial charge in [0, 0.05) is 36.8 Å². The molecule has 0 bridgehead atoms. The molecule has 2 atom stereocenters. The van der Waals surface area contributed by atoms with Crippen LogP contribution in [-0.2, 0) is 9.84 Å². The van der Waals surface area contributed by atoms with Crippen molar-refractivity contribution in [1.29, 1.82) is 0 Å². The first-order chi connectivity index (χ1) is 13.7. The maximum Gasteiger partial charge on any atom is 0.179 e. The van der Waals surface area contributed by atoms with Crippen LogP contribution in [0.25, 0.3) is 0 Å². The number of fused-ring (bicyclic) bond motifs is 1. The van der Waals surface area contributed by atoms with Crippen LogP contribution in [0.15, 0.2) is 47.4 Å². The Labute approximate surface area is 173 Å². The highest BCUT2D eigenvalue weighted by Crippen LogP contribution is 2.57. The monoisotopic (exact) mass is 414 g/mol. The molecular weight excluding hydrogens is 384 g/mol. The molecule has 0 saturated heterocycles. The Morgan fingerprint density at radius 2 is 1.90 bits per heavy atom. The summed E-state index contributed by atoms with van der Waals surface area (Å²) in [5, 5.41) is 11.7. The molecule has 5 nitrogen and oxygen atoms in total. The zero-order valence-corrected chi connectivity index (χ0v) is 18.1. The molecule has 156 valence electrons. The predicted molar refractivity (Wildman–Crippen MR) is 117 cm³/mol. The van der Waals surface area contributed by atoms with Gasteiger partial charge in [-0.05, 0) is 60.2 Å². The van der Waals surface area contributed by atoms with Crippen LogP contribution in [0.2, 0.25) is 0 Å². The molecular formula is C23H30N2O3S. The Kier molecular flexibility index (Phi) is 4.90. The zero-order valence-electron chi connectivity index (χ0n) is 17.3. The summed E-state index contributed by atoms with van der Waals surface area (Å²) < 4.78 is 26.8. The SMILES string of the molecule is CCC1CC2(C1)CS(=O)(=O)c1ccc(N(C)C)cc1[C@@H](c1cccc(N)c1)[C@H]2O. The van der Waals surface area contributed by atoms with E-state index in [4.69, 9.17) is 5.73 Å². The highest BCUT2D eigenvalue weighted by molar-refractivity contribution is 7.91. The van der Waals surface area contributed by atoms with Gasteiger partial charge in [0.1, 0.15) is 0 Å². The first kappa shape index (κ1) is 20.2. The molecule has 6 heteroatoms. The number of hydrogen-bond donors (Lipinski definition) is 2. The summed E-state index contributed by atoms with van der Waals surface area (Å²) in [6.07, 6.45) is 1.73. The Hall–Kier alpha value is -2.05. The molecule has 1 aliphatic heterocycles. The smallest absolute Gasteiger partial charge is 0.179 e. The minimum absolute atomic E-state index is 0.00476. The van der Waals surface area contributed by atoms with Crippen LogP contribution < -0.4 is 10.6 Å². The third-order valence-electron chi connectivity index (χ3n) is 6.84. The van der Waals surface area contributed by atoms with Gasteiger partial charge in [-0.3, -0.25) is 0 Å². The Morgan fingerprint density at radius 3 is 2.52 bits per heavy atom. The van der Waals surface area contributed by atoms with E-state index in [0.29, 0.717) is 22.1 Å². The van der Waals surface area contributed by atoms with Gasteiger partial charge in [0.15, 0.2) is 9.84 Å². The molecule has 0 unspecified atom stereocenters. The Morgan fingerprint density at radius 1 is 1.17 bits per heavy atom. The summed E-state index contributed by atoms with van der Waals surface area (Å²) >= 11 is 0. The van der Waals surface area contributed by atoms with Crippen LogP contribution >= 0.6 is 0 Å². The fourth-order valence-corrected chi connectivity index (χ4v) is 7.40. The third-order valence-corrected chi connectivity index (χ3v) is 8.83. The quantitative estimate of drug-likeness (QED) is 0.752. The zero-order chi connectivity index (χ0) is 21.0. The summed E-state index contributed by atoms with van der Waals surface area (Å²) in [4.78, 5) is 2.29. The van der Waals surface area contributed by atoms with Gasteiger partial charge in [-0.25, -0.2) is 8.42 Å². The lowest BCUT2D eigenvalue weighted by molar-refractivity contribution is -0.0608. The van der Waals surface area contributed by atoms with E-state index in [0.717, 1.165) is 30.5 Å². The summed E-state index contributed by atoms with van der Waals surface area (Å²) in [6.45, 7) is 2.13. The second kappa shape index (κ2) is 7.03. The van der Waals surface area contributed by atoms with Crippen LogP contribution in [0.5, 0.6) is 0 Å². The van der Waals surface area contributed by atoms with Crippen LogP contribution in [0, 0.1) is 11.3 Å². The van der Waals surface area contributed by atoms with E-state index in [1.807, 2.05) is 55.4 Å². The minimum Gasteiger partial charge on any atom is -0.399 e. The number of aliphatic hydroxyl groups excluding tert-OH is 1. The highest BCUT2D eigenvalue weighted by atomic mass is 32.2.